The molecule has 3 rings (SSSR count). The van der Waals surface area contributed by atoms with Gasteiger partial charge in [-0.1, -0.05) is 15.9 Å². The van der Waals surface area contributed by atoms with Gasteiger partial charge in [0.15, 0.2) is 5.76 Å². The normalized spacial score (nSPS) is 11.1. The zero-order chi connectivity index (χ0) is 13.6. The van der Waals surface area contributed by atoms with Crippen LogP contribution in [-0.4, -0.2) is 20.9 Å². The summed E-state index contributed by atoms with van der Waals surface area (Å²) in [6.45, 7) is 0. The number of nitrogens with zero attached hydrogens (tertiary/aromatic N) is 2. The van der Waals surface area contributed by atoms with Gasteiger partial charge in [-0.3, -0.25) is 4.68 Å². The van der Waals surface area contributed by atoms with Crippen LogP contribution in [0.2, 0.25) is 0 Å². The number of furan rings is 1. The lowest BCUT2D eigenvalue weighted by atomic mass is 10.2. The number of carboxylic acids is 1. The van der Waals surface area contributed by atoms with Crippen molar-refractivity contribution in [3.8, 4) is 11.5 Å². The highest BCUT2D eigenvalue weighted by Gasteiger charge is 2.19. The Morgan fingerprint density at radius 1 is 1.42 bits per heavy atom. The standard InChI is InChI=1S/C13H9BrN2O3/c1-16-6-9(13(17)18)12(15-16)11-5-7-4-8(14)2-3-10(7)19-11/h2-6H,1H3,(H,17,18). The van der Waals surface area contributed by atoms with E-state index < -0.39 is 5.97 Å². The number of benzene rings is 1. The lowest BCUT2D eigenvalue weighted by Gasteiger charge is -1.92. The Bertz CT molecular complexity index is 788. The minimum Gasteiger partial charge on any atom is -0.478 e. The summed E-state index contributed by atoms with van der Waals surface area (Å²) in [5.41, 5.74) is 1.16. The van der Waals surface area contributed by atoms with E-state index in [1.165, 1.54) is 10.9 Å². The maximum atomic E-state index is 11.2. The fourth-order valence-electron chi connectivity index (χ4n) is 1.96. The number of halogens is 1. The summed E-state index contributed by atoms with van der Waals surface area (Å²) < 4.78 is 8.05. The van der Waals surface area contributed by atoms with Crippen molar-refractivity contribution in [1.82, 2.24) is 9.78 Å². The van der Waals surface area contributed by atoms with E-state index in [0.29, 0.717) is 17.0 Å². The van der Waals surface area contributed by atoms with Crippen LogP contribution in [0, 0.1) is 0 Å². The molecular weight excluding hydrogens is 312 g/mol. The van der Waals surface area contributed by atoms with Crippen LogP contribution in [0.1, 0.15) is 10.4 Å². The van der Waals surface area contributed by atoms with Crippen molar-refractivity contribution < 1.29 is 14.3 Å². The minimum atomic E-state index is -1.02. The molecule has 0 unspecified atom stereocenters. The zero-order valence-electron chi connectivity index (χ0n) is 9.92. The highest BCUT2D eigenvalue weighted by atomic mass is 79.9. The number of aryl methyl sites for hydroxylation is 1. The van der Waals surface area contributed by atoms with Crippen LogP contribution < -0.4 is 0 Å². The number of aromatic nitrogens is 2. The zero-order valence-corrected chi connectivity index (χ0v) is 11.5. The summed E-state index contributed by atoms with van der Waals surface area (Å²) in [4.78, 5) is 11.2. The monoisotopic (exact) mass is 320 g/mol. The third-order valence-electron chi connectivity index (χ3n) is 2.77. The van der Waals surface area contributed by atoms with E-state index in [4.69, 9.17) is 9.52 Å². The van der Waals surface area contributed by atoms with Gasteiger partial charge in [0.25, 0.3) is 0 Å². The third kappa shape index (κ3) is 2.04. The molecule has 3 aromatic rings. The Morgan fingerprint density at radius 3 is 2.95 bits per heavy atom. The average Bonchev–Trinajstić information content (AvgIpc) is 2.91. The molecule has 0 aliphatic rings. The molecule has 0 saturated heterocycles. The van der Waals surface area contributed by atoms with Crippen LogP contribution in [0.4, 0.5) is 0 Å². The van der Waals surface area contributed by atoms with Gasteiger partial charge in [0.05, 0.1) is 0 Å². The van der Waals surface area contributed by atoms with Crippen LogP contribution >= 0.6 is 15.9 Å². The van der Waals surface area contributed by atoms with Crippen molar-refractivity contribution in [2.45, 2.75) is 0 Å². The van der Waals surface area contributed by atoms with Crippen molar-refractivity contribution in [1.29, 1.82) is 0 Å². The quantitative estimate of drug-likeness (QED) is 0.786. The lowest BCUT2D eigenvalue weighted by molar-refractivity contribution is 0.0697. The highest BCUT2D eigenvalue weighted by Crippen LogP contribution is 2.30. The van der Waals surface area contributed by atoms with Crippen molar-refractivity contribution in [2.75, 3.05) is 0 Å². The molecule has 6 heteroatoms. The van der Waals surface area contributed by atoms with Crippen LogP contribution in [0.3, 0.4) is 0 Å². The summed E-state index contributed by atoms with van der Waals surface area (Å²) in [5.74, 6) is -0.573. The molecule has 5 nitrogen and oxygen atoms in total. The first-order valence-electron chi connectivity index (χ1n) is 5.51. The van der Waals surface area contributed by atoms with Gasteiger partial charge in [-0.05, 0) is 24.3 Å². The van der Waals surface area contributed by atoms with Gasteiger partial charge in [0.1, 0.15) is 16.8 Å². The number of aromatic carboxylic acids is 1. The molecule has 0 spiro atoms. The highest BCUT2D eigenvalue weighted by molar-refractivity contribution is 9.10. The van der Waals surface area contributed by atoms with E-state index in [1.807, 2.05) is 18.2 Å². The molecule has 0 aliphatic heterocycles. The average molecular weight is 321 g/mol. The topological polar surface area (TPSA) is 68.3 Å². The fraction of sp³-hybridized carbons (Fsp3) is 0.0769. The lowest BCUT2D eigenvalue weighted by Crippen LogP contribution is -1.95. The Kier molecular flexibility index (Phi) is 2.67. The molecule has 19 heavy (non-hydrogen) atoms. The third-order valence-corrected chi connectivity index (χ3v) is 3.26. The maximum absolute atomic E-state index is 11.2. The number of carboxylic acid groups (broad SMARTS) is 1. The van der Waals surface area contributed by atoms with Crippen molar-refractivity contribution in [3.63, 3.8) is 0 Å². The van der Waals surface area contributed by atoms with Gasteiger partial charge in [0.2, 0.25) is 0 Å². The van der Waals surface area contributed by atoms with Gasteiger partial charge < -0.3 is 9.52 Å². The molecule has 0 atom stereocenters. The predicted molar refractivity (Wildman–Crippen MR) is 73.1 cm³/mol. The smallest absolute Gasteiger partial charge is 0.339 e. The van der Waals surface area contributed by atoms with Crippen LogP contribution in [0.25, 0.3) is 22.4 Å². The van der Waals surface area contributed by atoms with E-state index >= 15 is 0 Å². The fourth-order valence-corrected chi connectivity index (χ4v) is 2.34. The van der Waals surface area contributed by atoms with Crippen LogP contribution in [0.5, 0.6) is 0 Å². The number of rotatable bonds is 2. The largest absolute Gasteiger partial charge is 0.478 e. The summed E-state index contributed by atoms with van der Waals surface area (Å²) >= 11 is 3.38. The second-order valence-electron chi connectivity index (χ2n) is 4.16. The van der Waals surface area contributed by atoms with Gasteiger partial charge in [-0.25, -0.2) is 4.79 Å². The van der Waals surface area contributed by atoms with Gasteiger partial charge in [0, 0.05) is 23.1 Å². The summed E-state index contributed by atoms with van der Waals surface area (Å²) in [5, 5.41) is 14.2. The first-order valence-corrected chi connectivity index (χ1v) is 6.30. The second-order valence-corrected chi connectivity index (χ2v) is 5.08. The van der Waals surface area contributed by atoms with E-state index in [0.717, 1.165) is 9.86 Å². The molecular formula is C13H9BrN2O3. The molecule has 0 amide bonds. The number of hydrogen-bond donors (Lipinski definition) is 1. The SMILES string of the molecule is Cn1cc(C(=O)O)c(-c2cc3cc(Br)ccc3o2)n1. The number of carbonyl (C=O) groups is 1. The summed E-state index contributed by atoms with van der Waals surface area (Å²) in [6, 6.07) is 7.39. The molecule has 96 valence electrons. The first-order chi connectivity index (χ1) is 9.04. The molecule has 1 N–H and O–H groups in total. The Balaban J connectivity index is 2.21. The molecule has 1 aromatic carbocycles. The molecule has 0 bridgehead atoms. The van der Waals surface area contributed by atoms with E-state index in [-0.39, 0.29) is 5.56 Å². The molecule has 0 radical (unpaired) electrons. The number of hydrogen-bond acceptors (Lipinski definition) is 3. The molecule has 0 aliphatic carbocycles. The molecule has 2 aromatic heterocycles. The molecule has 0 saturated carbocycles. The van der Waals surface area contributed by atoms with Crippen molar-refractivity contribution >= 4 is 32.9 Å². The number of fused-ring (bicyclic) bond motifs is 1. The van der Waals surface area contributed by atoms with Gasteiger partial charge in [-0.15, -0.1) is 0 Å². The summed E-state index contributed by atoms with van der Waals surface area (Å²) in [7, 11) is 1.68. The van der Waals surface area contributed by atoms with E-state index in [1.54, 1.807) is 13.1 Å². The maximum Gasteiger partial charge on any atom is 0.339 e. The van der Waals surface area contributed by atoms with Crippen LogP contribution in [0.15, 0.2) is 39.4 Å². The first kappa shape index (κ1) is 12.0. The molecule has 2 heterocycles. The van der Waals surface area contributed by atoms with Crippen molar-refractivity contribution in [3.05, 3.63) is 40.5 Å². The van der Waals surface area contributed by atoms with E-state index in [9.17, 15) is 4.79 Å². The Hall–Kier alpha value is -2.08. The second kappa shape index (κ2) is 4.24. The van der Waals surface area contributed by atoms with Crippen molar-refractivity contribution in [2.24, 2.45) is 7.05 Å². The minimum absolute atomic E-state index is 0.126. The van der Waals surface area contributed by atoms with E-state index in [2.05, 4.69) is 21.0 Å². The van der Waals surface area contributed by atoms with Gasteiger partial charge in [-0.2, -0.15) is 5.10 Å². The Morgan fingerprint density at radius 2 is 2.21 bits per heavy atom. The van der Waals surface area contributed by atoms with Gasteiger partial charge >= 0.3 is 5.97 Å². The summed E-state index contributed by atoms with van der Waals surface area (Å²) in [6.07, 6.45) is 1.46. The predicted octanol–water partition coefficient (Wildman–Crippen LogP) is 3.29. The Labute approximate surface area is 116 Å². The molecule has 0 fully saturated rings. The van der Waals surface area contributed by atoms with Crippen LogP contribution in [-0.2, 0) is 7.05 Å².